The maximum atomic E-state index is 13.3. The molecule has 4 aromatic rings. The van der Waals surface area contributed by atoms with Crippen molar-refractivity contribution >= 4 is 5.91 Å². The summed E-state index contributed by atoms with van der Waals surface area (Å²) in [6, 6.07) is 7.38. The highest BCUT2D eigenvalue weighted by Gasteiger charge is 2.26. The van der Waals surface area contributed by atoms with Crippen LogP contribution >= 0.6 is 0 Å². The number of carbonyl (C=O) groups is 1. The van der Waals surface area contributed by atoms with Gasteiger partial charge in [0.05, 0.1) is 43.8 Å². The second-order valence-electron chi connectivity index (χ2n) is 7.74. The van der Waals surface area contributed by atoms with Gasteiger partial charge in [-0.2, -0.15) is 4.98 Å². The van der Waals surface area contributed by atoms with Crippen molar-refractivity contribution < 1.29 is 18.8 Å². The summed E-state index contributed by atoms with van der Waals surface area (Å²) in [5.41, 5.74) is 1.57. The van der Waals surface area contributed by atoms with Crippen molar-refractivity contribution in [2.24, 2.45) is 0 Å². The third-order valence-corrected chi connectivity index (χ3v) is 5.47. The molecule has 5 rings (SSSR count). The maximum Gasteiger partial charge on any atom is 0.255 e. The number of nitrogens with zero attached hydrogens (tertiary/aromatic N) is 6. The number of amides is 1. The third kappa shape index (κ3) is 4.51. The van der Waals surface area contributed by atoms with Gasteiger partial charge < -0.3 is 19.3 Å². The van der Waals surface area contributed by atoms with Crippen LogP contribution in [0.25, 0.3) is 22.8 Å². The van der Waals surface area contributed by atoms with Crippen molar-refractivity contribution in [3.63, 3.8) is 0 Å². The predicted molar refractivity (Wildman–Crippen MR) is 122 cm³/mol. The molecule has 178 valence electrons. The summed E-state index contributed by atoms with van der Waals surface area (Å²) in [6.07, 6.45) is 2.95. The monoisotopic (exact) mass is 475 g/mol. The number of hydrogen-bond donors (Lipinski definition) is 1. The lowest BCUT2D eigenvalue weighted by Crippen LogP contribution is -2.35. The molecule has 0 spiro atoms. The Bertz CT molecular complexity index is 1430. The van der Waals surface area contributed by atoms with Crippen LogP contribution < -0.4 is 15.6 Å². The first-order valence-electron chi connectivity index (χ1n) is 10.8. The summed E-state index contributed by atoms with van der Waals surface area (Å²) in [6.45, 7) is 2.47. The van der Waals surface area contributed by atoms with E-state index in [0.29, 0.717) is 59.0 Å². The number of aromatic nitrogens is 6. The number of methoxy groups -OCH3 is 1. The molecule has 1 aromatic carbocycles. The summed E-state index contributed by atoms with van der Waals surface area (Å²) in [4.78, 5) is 43.1. The minimum absolute atomic E-state index is 0.147. The van der Waals surface area contributed by atoms with E-state index in [1.165, 1.54) is 24.1 Å². The van der Waals surface area contributed by atoms with Crippen molar-refractivity contribution in [1.82, 2.24) is 35.0 Å². The molecule has 0 fully saturated rings. The van der Waals surface area contributed by atoms with Crippen molar-refractivity contribution in [1.29, 1.82) is 0 Å². The average Bonchev–Trinajstić information content (AvgIpc) is 3.22. The van der Waals surface area contributed by atoms with Gasteiger partial charge in [0.1, 0.15) is 23.9 Å². The number of benzene rings is 1. The first-order chi connectivity index (χ1) is 17.0. The molecule has 1 N–H and O–H groups in total. The number of ether oxygens (including phenoxy) is 2. The molecule has 12 heteroatoms. The molecule has 0 aliphatic carbocycles. The fourth-order valence-electron chi connectivity index (χ4n) is 3.80. The van der Waals surface area contributed by atoms with Gasteiger partial charge in [-0.15, -0.1) is 0 Å². The van der Waals surface area contributed by atoms with Gasteiger partial charge in [0, 0.05) is 24.8 Å². The zero-order valence-corrected chi connectivity index (χ0v) is 19.0. The molecule has 3 aromatic heterocycles. The van der Waals surface area contributed by atoms with Gasteiger partial charge >= 0.3 is 0 Å². The van der Waals surface area contributed by atoms with Crippen LogP contribution in [0.5, 0.6) is 5.75 Å². The van der Waals surface area contributed by atoms with Gasteiger partial charge in [-0.3, -0.25) is 14.2 Å². The van der Waals surface area contributed by atoms with Crippen LogP contribution in [0.3, 0.4) is 0 Å². The molecular formula is C23H21N7O5. The molecular weight excluding hydrogens is 454 g/mol. The maximum absolute atomic E-state index is 13.3. The zero-order chi connectivity index (χ0) is 24.4. The summed E-state index contributed by atoms with van der Waals surface area (Å²) in [5, 5.41) is 6.82. The lowest BCUT2D eigenvalue weighted by atomic mass is 10.1. The number of hydrogen-bond acceptors (Lipinski definition) is 10. The van der Waals surface area contributed by atoms with E-state index in [0.717, 1.165) is 0 Å². The molecule has 0 saturated heterocycles. The Kier molecular flexibility index (Phi) is 6.02. The molecule has 4 heterocycles. The van der Waals surface area contributed by atoms with E-state index in [4.69, 9.17) is 14.0 Å². The number of rotatable bonds is 5. The highest BCUT2D eigenvalue weighted by Crippen LogP contribution is 2.27. The number of carbonyl (C=O) groups excluding carboxylic acids is 1. The molecule has 0 bridgehead atoms. The highest BCUT2D eigenvalue weighted by atomic mass is 16.5. The summed E-state index contributed by atoms with van der Waals surface area (Å²) in [7, 11) is 1.47. The van der Waals surface area contributed by atoms with E-state index < -0.39 is 11.9 Å². The highest BCUT2D eigenvalue weighted by molar-refractivity contribution is 5.97. The smallest absolute Gasteiger partial charge is 0.255 e. The van der Waals surface area contributed by atoms with E-state index in [2.05, 4.69) is 30.4 Å². The Hall–Kier alpha value is -4.45. The van der Waals surface area contributed by atoms with E-state index in [-0.39, 0.29) is 12.2 Å². The van der Waals surface area contributed by atoms with Crippen LogP contribution in [-0.2, 0) is 11.3 Å². The fourth-order valence-corrected chi connectivity index (χ4v) is 3.80. The standard InChI is InChI=1S/C23H21N7O5/c1-13-26-21(29-35-13)14-3-4-15(19(9-14)33-2)23(32)28-18-11-34-8-7-30-20(31)10-17(27-22(18)30)16-5-6-24-12-25-16/h3-6,9-10,12,18H,7-8,11H2,1-2H3,(H,28,32). The van der Waals surface area contributed by atoms with Crippen molar-refractivity contribution in [3.8, 4) is 28.5 Å². The summed E-state index contributed by atoms with van der Waals surface area (Å²) in [5.74, 6) is 1.12. The molecule has 35 heavy (non-hydrogen) atoms. The zero-order valence-electron chi connectivity index (χ0n) is 19.0. The minimum atomic E-state index is -0.677. The summed E-state index contributed by atoms with van der Waals surface area (Å²) < 4.78 is 17.6. The Labute approximate surface area is 199 Å². The lowest BCUT2D eigenvalue weighted by Gasteiger charge is -2.19. The van der Waals surface area contributed by atoms with E-state index in [9.17, 15) is 9.59 Å². The second-order valence-corrected chi connectivity index (χ2v) is 7.74. The number of nitrogens with one attached hydrogen (secondary N) is 1. The van der Waals surface area contributed by atoms with Gasteiger partial charge in [-0.25, -0.2) is 15.0 Å². The summed E-state index contributed by atoms with van der Waals surface area (Å²) >= 11 is 0. The normalized spacial score (nSPS) is 15.2. The molecule has 1 aliphatic heterocycles. The molecule has 1 amide bonds. The van der Waals surface area contributed by atoms with Gasteiger partial charge in [0.2, 0.25) is 11.7 Å². The lowest BCUT2D eigenvalue weighted by molar-refractivity contribution is 0.0853. The van der Waals surface area contributed by atoms with Crippen LogP contribution in [0.1, 0.15) is 28.1 Å². The first-order valence-corrected chi connectivity index (χ1v) is 10.8. The van der Waals surface area contributed by atoms with E-state index in [1.54, 1.807) is 37.4 Å². The SMILES string of the molecule is COc1cc(-c2noc(C)n2)ccc1C(=O)NC1COCCn2c1nc(-c1ccncn1)cc2=O. The van der Waals surface area contributed by atoms with Gasteiger partial charge in [0.25, 0.3) is 11.5 Å². The number of fused-ring (bicyclic) bond motifs is 1. The van der Waals surface area contributed by atoms with E-state index >= 15 is 0 Å². The molecule has 1 unspecified atom stereocenters. The van der Waals surface area contributed by atoms with Crippen LogP contribution in [-0.4, -0.2) is 55.9 Å². The first kappa shape index (κ1) is 22.3. The van der Waals surface area contributed by atoms with Gasteiger partial charge in [0.15, 0.2) is 0 Å². The molecule has 1 atom stereocenters. The topological polar surface area (TPSA) is 147 Å². The quantitative estimate of drug-likeness (QED) is 0.451. The Balaban J connectivity index is 1.47. The molecule has 1 aliphatic rings. The van der Waals surface area contributed by atoms with Crippen molar-refractivity contribution in [2.45, 2.75) is 19.5 Å². The molecule has 12 nitrogen and oxygen atoms in total. The van der Waals surface area contributed by atoms with Crippen LogP contribution in [0.2, 0.25) is 0 Å². The number of aryl methyl sites for hydroxylation is 1. The van der Waals surface area contributed by atoms with Crippen molar-refractivity contribution in [3.05, 3.63) is 70.5 Å². The minimum Gasteiger partial charge on any atom is -0.496 e. The molecule has 0 radical (unpaired) electrons. The fraction of sp³-hybridized carbons (Fsp3) is 0.261. The average molecular weight is 475 g/mol. The third-order valence-electron chi connectivity index (χ3n) is 5.47. The van der Waals surface area contributed by atoms with Gasteiger partial charge in [-0.05, 0) is 24.3 Å². The van der Waals surface area contributed by atoms with Crippen LogP contribution in [0.15, 0.2) is 52.2 Å². The Morgan fingerprint density at radius 2 is 2.09 bits per heavy atom. The Morgan fingerprint density at radius 3 is 2.83 bits per heavy atom. The second kappa shape index (κ2) is 9.43. The Morgan fingerprint density at radius 1 is 1.20 bits per heavy atom. The van der Waals surface area contributed by atoms with E-state index in [1.807, 2.05) is 0 Å². The molecule has 0 saturated carbocycles. The van der Waals surface area contributed by atoms with Gasteiger partial charge in [-0.1, -0.05) is 5.16 Å². The van der Waals surface area contributed by atoms with Crippen LogP contribution in [0.4, 0.5) is 0 Å². The predicted octanol–water partition coefficient (Wildman–Crippen LogP) is 1.57. The van der Waals surface area contributed by atoms with Crippen molar-refractivity contribution in [2.75, 3.05) is 20.3 Å². The largest absolute Gasteiger partial charge is 0.496 e. The van der Waals surface area contributed by atoms with Crippen LogP contribution in [0, 0.1) is 6.92 Å².